The van der Waals surface area contributed by atoms with Crippen molar-refractivity contribution in [2.45, 2.75) is 6.42 Å². The van der Waals surface area contributed by atoms with E-state index in [1.165, 1.54) is 21.9 Å². The summed E-state index contributed by atoms with van der Waals surface area (Å²) in [7, 11) is 2.10. The molecule has 9 heteroatoms. The summed E-state index contributed by atoms with van der Waals surface area (Å²) in [6, 6.07) is 15.5. The van der Waals surface area contributed by atoms with Crippen molar-refractivity contribution in [1.29, 1.82) is 0 Å². The average Bonchev–Trinajstić information content (AvgIpc) is 3.24. The number of likely N-dealkylation sites (N-methyl/N-ethyl adjacent to an activating group) is 1. The molecule has 174 valence electrons. The SMILES string of the molecule is CN1CCN(c2ccc(NC(=O)c3cnc4sc(Cc5ccccc5)cn4c3=O)cc2Cl)CC1. The molecule has 3 heterocycles. The predicted octanol–water partition coefficient (Wildman–Crippen LogP) is 4.00. The van der Waals surface area contributed by atoms with Gasteiger partial charge in [0, 0.05) is 55.6 Å². The number of piperazine rings is 1. The number of rotatable bonds is 5. The first-order valence-electron chi connectivity index (χ1n) is 11.1. The second-order valence-electron chi connectivity index (χ2n) is 8.40. The van der Waals surface area contributed by atoms with Crippen LogP contribution in [0, 0.1) is 0 Å². The lowest BCUT2D eigenvalue weighted by Gasteiger charge is -2.34. The van der Waals surface area contributed by atoms with Crippen LogP contribution in [-0.2, 0) is 6.42 Å². The third-order valence-corrected chi connectivity index (χ3v) is 7.27. The number of nitrogens with one attached hydrogen (secondary N) is 1. The summed E-state index contributed by atoms with van der Waals surface area (Å²) in [4.78, 5) is 36.3. The minimum Gasteiger partial charge on any atom is -0.368 e. The van der Waals surface area contributed by atoms with Gasteiger partial charge in [0.1, 0.15) is 5.56 Å². The number of benzene rings is 2. The van der Waals surface area contributed by atoms with Gasteiger partial charge in [-0.05, 0) is 30.8 Å². The van der Waals surface area contributed by atoms with E-state index in [9.17, 15) is 9.59 Å². The zero-order valence-corrected chi connectivity index (χ0v) is 20.3. The largest absolute Gasteiger partial charge is 0.368 e. The lowest BCUT2D eigenvalue weighted by Crippen LogP contribution is -2.44. The van der Waals surface area contributed by atoms with Crippen molar-refractivity contribution in [3.63, 3.8) is 0 Å². The Morgan fingerprint density at radius 1 is 1.12 bits per heavy atom. The minimum atomic E-state index is -0.508. The van der Waals surface area contributed by atoms with E-state index in [-0.39, 0.29) is 5.56 Å². The number of thiazole rings is 1. The second-order valence-corrected chi connectivity index (χ2v) is 9.90. The van der Waals surface area contributed by atoms with Gasteiger partial charge in [0.25, 0.3) is 11.5 Å². The molecule has 0 radical (unpaired) electrons. The third kappa shape index (κ3) is 4.70. The van der Waals surface area contributed by atoms with Gasteiger partial charge in [0.15, 0.2) is 4.96 Å². The quantitative estimate of drug-likeness (QED) is 0.455. The molecule has 34 heavy (non-hydrogen) atoms. The van der Waals surface area contributed by atoms with E-state index < -0.39 is 11.5 Å². The highest BCUT2D eigenvalue weighted by atomic mass is 35.5. The first-order valence-corrected chi connectivity index (χ1v) is 12.3. The molecule has 1 fully saturated rings. The summed E-state index contributed by atoms with van der Waals surface area (Å²) in [6.07, 6.45) is 3.81. The molecule has 0 saturated carbocycles. The van der Waals surface area contributed by atoms with Crippen molar-refractivity contribution in [2.75, 3.05) is 43.4 Å². The molecular formula is C25H24ClN5O2S. The number of hydrogen-bond acceptors (Lipinski definition) is 6. The molecule has 1 N–H and O–H groups in total. The van der Waals surface area contributed by atoms with Crippen LogP contribution in [0.15, 0.2) is 65.7 Å². The van der Waals surface area contributed by atoms with E-state index in [2.05, 4.69) is 27.1 Å². The van der Waals surface area contributed by atoms with Gasteiger partial charge < -0.3 is 15.1 Å². The van der Waals surface area contributed by atoms with Crippen LogP contribution in [0.5, 0.6) is 0 Å². The fourth-order valence-corrected chi connectivity index (χ4v) is 5.32. The second kappa shape index (κ2) is 9.58. The Bertz CT molecular complexity index is 1390. The molecule has 2 aromatic heterocycles. The van der Waals surface area contributed by atoms with Crippen molar-refractivity contribution in [1.82, 2.24) is 14.3 Å². The zero-order chi connectivity index (χ0) is 23.7. The Morgan fingerprint density at radius 2 is 1.88 bits per heavy atom. The Labute approximate surface area is 206 Å². The van der Waals surface area contributed by atoms with Crippen LogP contribution in [0.1, 0.15) is 20.8 Å². The Morgan fingerprint density at radius 3 is 2.62 bits per heavy atom. The molecule has 0 aliphatic carbocycles. The molecule has 2 aromatic carbocycles. The summed E-state index contributed by atoms with van der Waals surface area (Å²) >= 11 is 7.97. The van der Waals surface area contributed by atoms with Crippen LogP contribution in [0.3, 0.4) is 0 Å². The monoisotopic (exact) mass is 493 g/mol. The molecule has 7 nitrogen and oxygen atoms in total. The first-order chi connectivity index (χ1) is 16.5. The van der Waals surface area contributed by atoms with E-state index in [0.717, 1.165) is 42.3 Å². The number of carbonyl (C=O) groups excluding carboxylic acids is 1. The van der Waals surface area contributed by atoms with E-state index >= 15 is 0 Å². The van der Waals surface area contributed by atoms with Crippen LogP contribution < -0.4 is 15.8 Å². The average molecular weight is 494 g/mol. The molecule has 1 saturated heterocycles. The van der Waals surface area contributed by atoms with Gasteiger partial charge in [-0.2, -0.15) is 0 Å². The topological polar surface area (TPSA) is 69.9 Å². The van der Waals surface area contributed by atoms with Gasteiger partial charge in [-0.25, -0.2) is 4.98 Å². The van der Waals surface area contributed by atoms with E-state index in [1.54, 1.807) is 12.3 Å². The Kier molecular flexibility index (Phi) is 6.36. The number of hydrogen-bond donors (Lipinski definition) is 1. The smallest absolute Gasteiger partial charge is 0.271 e. The molecule has 5 rings (SSSR count). The summed E-state index contributed by atoms with van der Waals surface area (Å²) in [5, 5.41) is 3.35. The standard InChI is InChI=1S/C25H24ClN5O2S/c1-29-9-11-30(12-10-29)22-8-7-18(14-21(22)26)28-23(32)20-15-27-25-31(24(20)33)16-19(34-25)13-17-5-3-2-4-6-17/h2-8,14-16H,9-13H2,1H3,(H,28,32). The van der Waals surface area contributed by atoms with Crippen LogP contribution in [0.4, 0.5) is 11.4 Å². The Balaban J connectivity index is 1.33. The molecule has 0 spiro atoms. The van der Waals surface area contributed by atoms with E-state index in [4.69, 9.17) is 11.6 Å². The van der Waals surface area contributed by atoms with E-state index in [1.807, 2.05) is 42.5 Å². The first kappa shape index (κ1) is 22.6. The number of aromatic nitrogens is 2. The summed E-state index contributed by atoms with van der Waals surface area (Å²) < 4.78 is 1.45. The maximum Gasteiger partial charge on any atom is 0.271 e. The maximum absolute atomic E-state index is 13.0. The molecule has 1 aliphatic rings. The van der Waals surface area contributed by atoms with Gasteiger partial charge in [-0.15, -0.1) is 11.3 Å². The van der Waals surface area contributed by atoms with Gasteiger partial charge in [-0.1, -0.05) is 41.9 Å². The Hall–Kier alpha value is -3.20. The number of halogens is 1. The number of fused-ring (bicyclic) bond motifs is 1. The van der Waals surface area contributed by atoms with Crippen molar-refractivity contribution in [3.05, 3.63) is 92.3 Å². The number of carbonyl (C=O) groups is 1. The fraction of sp³-hybridized carbons (Fsp3) is 0.240. The van der Waals surface area contributed by atoms with Crippen molar-refractivity contribution < 1.29 is 4.79 Å². The van der Waals surface area contributed by atoms with Gasteiger partial charge in [-0.3, -0.25) is 14.0 Å². The predicted molar refractivity (Wildman–Crippen MR) is 138 cm³/mol. The number of nitrogens with zero attached hydrogens (tertiary/aromatic N) is 4. The highest BCUT2D eigenvalue weighted by Crippen LogP contribution is 2.29. The van der Waals surface area contributed by atoms with Crippen LogP contribution in [0.25, 0.3) is 4.96 Å². The molecule has 0 atom stereocenters. The molecule has 1 aliphatic heterocycles. The fourth-order valence-electron chi connectivity index (χ4n) is 4.05. The minimum absolute atomic E-state index is 0.0131. The number of anilines is 2. The highest BCUT2D eigenvalue weighted by Gasteiger charge is 2.19. The summed E-state index contributed by atoms with van der Waals surface area (Å²) in [5.74, 6) is -0.508. The molecular weight excluding hydrogens is 470 g/mol. The maximum atomic E-state index is 13.0. The van der Waals surface area contributed by atoms with E-state index in [0.29, 0.717) is 22.1 Å². The zero-order valence-electron chi connectivity index (χ0n) is 18.7. The normalized spacial score (nSPS) is 14.5. The third-order valence-electron chi connectivity index (χ3n) is 5.97. The van der Waals surface area contributed by atoms with Crippen molar-refractivity contribution >= 4 is 45.2 Å². The molecule has 0 unspecified atom stereocenters. The van der Waals surface area contributed by atoms with Gasteiger partial charge in [0.05, 0.1) is 10.7 Å². The van der Waals surface area contributed by atoms with Gasteiger partial charge >= 0.3 is 0 Å². The lowest BCUT2D eigenvalue weighted by molar-refractivity contribution is 0.102. The molecule has 0 bridgehead atoms. The summed E-state index contributed by atoms with van der Waals surface area (Å²) in [5.41, 5.74) is 2.23. The van der Waals surface area contributed by atoms with Crippen LogP contribution in [0.2, 0.25) is 5.02 Å². The van der Waals surface area contributed by atoms with Crippen molar-refractivity contribution in [3.8, 4) is 0 Å². The lowest BCUT2D eigenvalue weighted by atomic mass is 10.1. The van der Waals surface area contributed by atoms with Crippen LogP contribution in [-0.4, -0.2) is 53.4 Å². The molecule has 1 amide bonds. The van der Waals surface area contributed by atoms with Gasteiger partial charge in [0.2, 0.25) is 0 Å². The summed E-state index contributed by atoms with van der Waals surface area (Å²) in [6.45, 7) is 3.75. The van der Waals surface area contributed by atoms with Crippen molar-refractivity contribution in [2.24, 2.45) is 0 Å². The highest BCUT2D eigenvalue weighted by molar-refractivity contribution is 7.17. The van der Waals surface area contributed by atoms with Crippen LogP contribution >= 0.6 is 22.9 Å². The molecule has 4 aromatic rings. The number of amides is 1.